The van der Waals surface area contributed by atoms with Gasteiger partial charge in [0.25, 0.3) is 0 Å². The van der Waals surface area contributed by atoms with Crippen LogP contribution in [0.4, 0.5) is 0 Å². The lowest BCUT2D eigenvalue weighted by Gasteiger charge is -2.20. The number of esters is 2. The molecule has 0 fully saturated rings. The average molecular weight is 837 g/mol. The van der Waals surface area contributed by atoms with Gasteiger partial charge in [-0.2, -0.15) is 0 Å². The molecule has 4 atom stereocenters. The van der Waals surface area contributed by atoms with Gasteiger partial charge in [0.2, 0.25) is 0 Å². The molecule has 0 aliphatic rings. The first-order valence-corrected chi connectivity index (χ1v) is 23.1. The van der Waals surface area contributed by atoms with Crippen LogP contribution in [0.5, 0.6) is 0 Å². The summed E-state index contributed by atoms with van der Waals surface area (Å²) in [6, 6.07) is 0. The van der Waals surface area contributed by atoms with Gasteiger partial charge < -0.3 is 29.7 Å². The Morgan fingerprint density at radius 3 is 1.78 bits per heavy atom. The number of ether oxygens (including phenoxy) is 2. The van der Waals surface area contributed by atoms with Crippen molar-refractivity contribution in [3.05, 3.63) is 85.1 Å². The smallest absolute Gasteiger partial charge is 0.462 e. The van der Waals surface area contributed by atoms with E-state index in [0.29, 0.717) is 25.7 Å². The molecule has 11 nitrogen and oxygen atoms in total. The number of unbranched alkanes of at least 4 members (excludes halogenated alkanes) is 11. The molecule has 0 spiro atoms. The number of phosphoric ester groups is 1. The summed E-state index contributed by atoms with van der Waals surface area (Å²) in [5.41, 5.74) is 0. The molecule has 0 bridgehead atoms. The normalized spacial score (nSPS) is 15.2. The van der Waals surface area contributed by atoms with Crippen molar-refractivity contribution in [1.82, 2.24) is 0 Å². The maximum Gasteiger partial charge on any atom is 0.472 e. The van der Waals surface area contributed by atoms with Gasteiger partial charge >= 0.3 is 19.8 Å². The van der Waals surface area contributed by atoms with Crippen LogP contribution < -0.4 is 0 Å². The van der Waals surface area contributed by atoms with Crippen molar-refractivity contribution in [1.29, 1.82) is 0 Å². The number of aliphatic hydroxyl groups excluding tert-OH is 3. The minimum Gasteiger partial charge on any atom is -0.462 e. The third-order valence-electron chi connectivity index (χ3n) is 8.61. The summed E-state index contributed by atoms with van der Waals surface area (Å²) < 4.78 is 32.6. The Balaban J connectivity index is 4.45. The van der Waals surface area contributed by atoms with E-state index in [0.717, 1.165) is 57.8 Å². The van der Waals surface area contributed by atoms with E-state index in [-0.39, 0.29) is 19.4 Å². The van der Waals surface area contributed by atoms with Crippen LogP contribution in [-0.2, 0) is 32.7 Å². The highest BCUT2D eigenvalue weighted by molar-refractivity contribution is 7.47. The molecule has 0 heterocycles. The Labute approximate surface area is 350 Å². The van der Waals surface area contributed by atoms with E-state index in [1.54, 1.807) is 6.08 Å². The SMILES string of the molecule is CC/C=C\C(O)C/C=C/C=C\C/C=C\C/C=C\CCCC(=O)OC[C@H](COP(=O)(O)OC[C@@H](O)CO)OC(=O)CCCCCCCCC/C=C\C/C=C\CCCCC. The Kier molecular flexibility index (Phi) is 38.8. The van der Waals surface area contributed by atoms with E-state index in [2.05, 4.69) is 47.9 Å². The molecule has 0 amide bonds. The number of carbonyl (C=O) groups is 2. The lowest BCUT2D eigenvalue weighted by Crippen LogP contribution is -2.29. The van der Waals surface area contributed by atoms with E-state index >= 15 is 0 Å². The number of hydrogen-bond acceptors (Lipinski definition) is 10. The van der Waals surface area contributed by atoms with Crippen LogP contribution in [0.25, 0.3) is 0 Å². The molecule has 332 valence electrons. The van der Waals surface area contributed by atoms with Crippen LogP contribution in [0.2, 0.25) is 0 Å². The molecule has 0 aromatic rings. The predicted octanol–water partition coefficient (Wildman–Crippen LogP) is 10.4. The molecule has 0 aromatic heterocycles. The van der Waals surface area contributed by atoms with Crippen LogP contribution in [0, 0.1) is 0 Å². The number of allylic oxidation sites excluding steroid dienone is 12. The van der Waals surface area contributed by atoms with Crippen LogP contribution in [-0.4, -0.2) is 76.9 Å². The van der Waals surface area contributed by atoms with Gasteiger partial charge in [-0.3, -0.25) is 18.6 Å². The topological polar surface area (TPSA) is 169 Å². The molecule has 12 heteroatoms. The number of aliphatic hydroxyl groups is 3. The third-order valence-corrected chi connectivity index (χ3v) is 9.56. The van der Waals surface area contributed by atoms with Gasteiger partial charge in [-0.1, -0.05) is 144 Å². The molecule has 58 heavy (non-hydrogen) atoms. The van der Waals surface area contributed by atoms with E-state index < -0.39 is 57.9 Å². The zero-order chi connectivity index (χ0) is 42.8. The summed E-state index contributed by atoms with van der Waals surface area (Å²) in [6.07, 6.45) is 44.6. The fraction of sp³-hybridized carbons (Fsp3) is 0.652. The third kappa shape index (κ3) is 39.9. The first-order valence-electron chi connectivity index (χ1n) is 21.7. The van der Waals surface area contributed by atoms with E-state index in [1.807, 2.05) is 49.5 Å². The minimum absolute atomic E-state index is 0.139. The second-order valence-corrected chi connectivity index (χ2v) is 15.6. The predicted molar refractivity (Wildman–Crippen MR) is 234 cm³/mol. The number of carbonyl (C=O) groups excluding carboxylic acids is 2. The minimum atomic E-state index is -4.65. The molecule has 0 radical (unpaired) electrons. The Morgan fingerprint density at radius 1 is 0.603 bits per heavy atom. The van der Waals surface area contributed by atoms with Gasteiger partial charge in [-0.25, -0.2) is 4.57 Å². The average Bonchev–Trinajstić information content (AvgIpc) is 3.21. The first kappa shape index (κ1) is 55.1. The molecule has 0 saturated heterocycles. The lowest BCUT2D eigenvalue weighted by molar-refractivity contribution is -0.161. The van der Waals surface area contributed by atoms with Crippen molar-refractivity contribution in [3.8, 4) is 0 Å². The molecule has 0 rings (SSSR count). The van der Waals surface area contributed by atoms with E-state index in [9.17, 15) is 29.3 Å². The summed E-state index contributed by atoms with van der Waals surface area (Å²) in [5, 5.41) is 28.1. The molecular formula is C46H77O11P. The summed E-state index contributed by atoms with van der Waals surface area (Å²) in [5.74, 6) is -1.03. The Morgan fingerprint density at radius 2 is 1.14 bits per heavy atom. The molecule has 0 aliphatic carbocycles. The Bertz CT molecular complexity index is 1250. The summed E-state index contributed by atoms with van der Waals surface area (Å²) in [6.45, 7) is 2.01. The maximum absolute atomic E-state index is 12.6. The second kappa shape index (κ2) is 40.9. The maximum atomic E-state index is 12.6. The molecule has 0 aromatic carbocycles. The van der Waals surface area contributed by atoms with Crippen molar-refractivity contribution in [2.24, 2.45) is 0 Å². The molecule has 0 saturated carbocycles. The molecule has 4 N–H and O–H groups in total. The summed E-state index contributed by atoms with van der Waals surface area (Å²) >= 11 is 0. The second-order valence-electron chi connectivity index (χ2n) is 14.2. The highest BCUT2D eigenvalue weighted by Gasteiger charge is 2.27. The van der Waals surface area contributed by atoms with Crippen molar-refractivity contribution in [2.45, 2.75) is 167 Å². The largest absolute Gasteiger partial charge is 0.472 e. The van der Waals surface area contributed by atoms with Crippen molar-refractivity contribution in [3.63, 3.8) is 0 Å². The highest BCUT2D eigenvalue weighted by atomic mass is 31.2. The lowest BCUT2D eigenvalue weighted by atomic mass is 10.1. The van der Waals surface area contributed by atoms with Gasteiger partial charge in [0.15, 0.2) is 6.10 Å². The van der Waals surface area contributed by atoms with Crippen LogP contribution in [0.15, 0.2) is 85.1 Å². The van der Waals surface area contributed by atoms with Gasteiger partial charge in [0.1, 0.15) is 12.7 Å². The summed E-state index contributed by atoms with van der Waals surface area (Å²) in [4.78, 5) is 35.0. The molecule has 2 unspecified atom stereocenters. The van der Waals surface area contributed by atoms with Gasteiger partial charge in [0.05, 0.1) is 25.9 Å². The van der Waals surface area contributed by atoms with Crippen molar-refractivity contribution in [2.75, 3.05) is 26.4 Å². The fourth-order valence-electron chi connectivity index (χ4n) is 5.25. The van der Waals surface area contributed by atoms with Crippen LogP contribution in [0.1, 0.15) is 149 Å². The standard InChI is InChI=1S/C46H77O11P/c1-3-5-7-8-9-10-11-12-13-14-15-16-21-24-27-30-33-37-46(51)57-44(41-56-58(52,53)55-39-43(49)38-47)40-54-45(50)36-32-29-26-23-20-18-17-19-22-25-28-31-35-42(48)34-6-4-2/h6,9-10,12-13,17-18,22-23,25-26,28,31,34,42-44,47-49H,3-5,7-8,11,14-16,19-21,24,27,29-30,32-33,35-41H2,1-2H3,(H,52,53)/b10-9-,13-12-,18-17-,25-22-,26-23-,31-28+,34-6-/t42?,43-,44+/m0/s1. The van der Waals surface area contributed by atoms with Crippen LogP contribution >= 0.6 is 7.82 Å². The summed E-state index contributed by atoms with van der Waals surface area (Å²) in [7, 11) is -4.65. The van der Waals surface area contributed by atoms with Gasteiger partial charge in [-0.15, -0.1) is 0 Å². The fourth-order valence-corrected chi connectivity index (χ4v) is 6.04. The highest BCUT2D eigenvalue weighted by Crippen LogP contribution is 2.43. The van der Waals surface area contributed by atoms with Crippen LogP contribution in [0.3, 0.4) is 0 Å². The van der Waals surface area contributed by atoms with E-state index in [1.165, 1.54) is 38.5 Å². The zero-order valence-corrected chi connectivity index (χ0v) is 36.5. The van der Waals surface area contributed by atoms with Crippen molar-refractivity contribution >= 4 is 19.8 Å². The quantitative estimate of drug-likeness (QED) is 0.0153. The van der Waals surface area contributed by atoms with Crippen molar-refractivity contribution < 1.29 is 52.9 Å². The monoisotopic (exact) mass is 837 g/mol. The molecule has 0 aliphatic heterocycles. The number of rotatable bonds is 39. The first-order chi connectivity index (χ1) is 28.1. The number of hydrogen-bond donors (Lipinski definition) is 4. The zero-order valence-electron chi connectivity index (χ0n) is 35.6. The van der Waals surface area contributed by atoms with Gasteiger partial charge in [-0.05, 0) is 77.0 Å². The number of phosphoric acid groups is 1. The molecular weight excluding hydrogens is 759 g/mol. The Hall–Kier alpha value is -2.89. The van der Waals surface area contributed by atoms with Gasteiger partial charge in [0, 0.05) is 12.8 Å². The van der Waals surface area contributed by atoms with E-state index in [4.69, 9.17) is 19.1 Å².